The molecular formula is C27H18FN5O3. The van der Waals surface area contributed by atoms with E-state index in [-0.39, 0.29) is 23.5 Å². The minimum absolute atomic E-state index is 0.0402. The van der Waals surface area contributed by atoms with Crippen molar-refractivity contribution in [1.82, 2.24) is 19.7 Å². The molecule has 0 aliphatic heterocycles. The summed E-state index contributed by atoms with van der Waals surface area (Å²) in [5, 5.41) is 15.4. The number of aromatic hydroxyl groups is 1. The third-order valence-electron chi connectivity index (χ3n) is 5.94. The molecule has 0 saturated heterocycles. The van der Waals surface area contributed by atoms with E-state index in [1.54, 1.807) is 24.3 Å². The Bertz CT molecular complexity index is 1810. The number of fused-ring (bicyclic) bond motifs is 2. The summed E-state index contributed by atoms with van der Waals surface area (Å²) in [4.78, 5) is 22.0. The number of para-hydroxylation sites is 1. The lowest BCUT2D eigenvalue weighted by molar-refractivity contribution is 0.469. The van der Waals surface area contributed by atoms with Gasteiger partial charge in [0.15, 0.2) is 5.65 Å². The van der Waals surface area contributed by atoms with Crippen LogP contribution in [0.25, 0.3) is 44.4 Å². The summed E-state index contributed by atoms with van der Waals surface area (Å²) in [5.41, 5.74) is 8.52. The normalized spacial score (nSPS) is 11.4. The lowest BCUT2D eigenvalue weighted by Gasteiger charge is -2.11. The maximum atomic E-state index is 14.1. The van der Waals surface area contributed by atoms with E-state index in [0.29, 0.717) is 50.1 Å². The topological polar surface area (TPSA) is 120 Å². The highest BCUT2D eigenvalue weighted by Gasteiger charge is 2.22. The van der Waals surface area contributed by atoms with Gasteiger partial charge in [-0.2, -0.15) is 5.10 Å². The number of phenolic OH excluding ortho intramolecular Hbond substituents is 1. The molecule has 0 spiro atoms. The first-order chi connectivity index (χ1) is 17.5. The van der Waals surface area contributed by atoms with Gasteiger partial charge in [-0.3, -0.25) is 4.79 Å². The molecule has 176 valence electrons. The van der Waals surface area contributed by atoms with Crippen LogP contribution in [-0.4, -0.2) is 24.9 Å². The molecule has 0 unspecified atom stereocenters. The number of benzene rings is 3. The van der Waals surface area contributed by atoms with Gasteiger partial charge in [0, 0.05) is 11.6 Å². The highest BCUT2D eigenvalue weighted by molar-refractivity contribution is 5.98. The molecule has 8 nitrogen and oxygen atoms in total. The van der Waals surface area contributed by atoms with Crippen molar-refractivity contribution in [3.05, 3.63) is 101 Å². The van der Waals surface area contributed by atoms with E-state index < -0.39 is 5.82 Å². The highest BCUT2D eigenvalue weighted by atomic mass is 19.1. The van der Waals surface area contributed by atoms with Gasteiger partial charge in [0.05, 0.1) is 16.3 Å². The lowest BCUT2D eigenvalue weighted by atomic mass is 10.0. The number of hydrogen-bond donors (Lipinski definition) is 2. The molecule has 0 radical (unpaired) electrons. The third-order valence-corrected chi connectivity index (χ3v) is 5.94. The lowest BCUT2D eigenvalue weighted by Crippen LogP contribution is -2.12. The Morgan fingerprint density at radius 3 is 2.56 bits per heavy atom. The van der Waals surface area contributed by atoms with Crippen LogP contribution in [0.5, 0.6) is 5.75 Å². The van der Waals surface area contributed by atoms with Crippen molar-refractivity contribution < 1.29 is 13.9 Å². The van der Waals surface area contributed by atoms with Crippen molar-refractivity contribution in [2.24, 2.45) is 0 Å². The van der Waals surface area contributed by atoms with Crippen molar-refractivity contribution in [3.8, 4) is 28.1 Å². The minimum atomic E-state index is -0.630. The molecule has 0 aliphatic carbocycles. The smallest absolute Gasteiger partial charge is 0.200 e. The maximum Gasteiger partial charge on any atom is 0.200 e. The fourth-order valence-corrected chi connectivity index (χ4v) is 4.39. The van der Waals surface area contributed by atoms with Gasteiger partial charge in [0.25, 0.3) is 0 Å². The zero-order valence-corrected chi connectivity index (χ0v) is 18.7. The van der Waals surface area contributed by atoms with E-state index in [9.17, 15) is 14.3 Å². The quantitative estimate of drug-likeness (QED) is 0.375. The summed E-state index contributed by atoms with van der Waals surface area (Å²) < 4.78 is 21.9. The maximum absolute atomic E-state index is 14.1. The summed E-state index contributed by atoms with van der Waals surface area (Å²) >= 11 is 0. The summed E-state index contributed by atoms with van der Waals surface area (Å²) in [6, 6.07) is 19.9. The van der Waals surface area contributed by atoms with Crippen LogP contribution >= 0.6 is 0 Å². The molecule has 0 atom stereocenters. The number of nitrogens with zero attached hydrogens (tertiary/aromatic N) is 4. The molecule has 3 N–H and O–H groups in total. The van der Waals surface area contributed by atoms with E-state index in [1.165, 1.54) is 23.1 Å². The van der Waals surface area contributed by atoms with Crippen LogP contribution in [0, 0.1) is 5.82 Å². The Kier molecular flexibility index (Phi) is 4.96. The molecule has 0 aliphatic rings. The zero-order valence-electron chi connectivity index (χ0n) is 18.7. The van der Waals surface area contributed by atoms with Crippen LogP contribution in [0.15, 0.2) is 88.3 Å². The van der Waals surface area contributed by atoms with Gasteiger partial charge in [-0.1, -0.05) is 42.5 Å². The molecule has 3 heterocycles. The van der Waals surface area contributed by atoms with Gasteiger partial charge >= 0.3 is 0 Å². The molecule has 0 saturated carbocycles. The van der Waals surface area contributed by atoms with E-state index in [0.717, 1.165) is 6.07 Å². The van der Waals surface area contributed by atoms with Crippen LogP contribution in [0.2, 0.25) is 0 Å². The fraction of sp³-hybridized carbons (Fsp3) is 0.0370. The number of nitrogens with two attached hydrogens (primary N) is 1. The number of nitrogen functional groups attached to an aromatic ring is 1. The summed E-state index contributed by atoms with van der Waals surface area (Å²) in [6.45, 7) is 0.0402. The fourth-order valence-electron chi connectivity index (χ4n) is 4.39. The van der Waals surface area contributed by atoms with E-state index in [2.05, 4.69) is 15.1 Å². The molecule has 0 bridgehead atoms. The van der Waals surface area contributed by atoms with Crippen molar-refractivity contribution in [2.45, 2.75) is 6.54 Å². The number of aromatic nitrogens is 4. The average Bonchev–Trinajstić information content (AvgIpc) is 3.24. The Labute approximate surface area is 203 Å². The van der Waals surface area contributed by atoms with Crippen molar-refractivity contribution in [3.63, 3.8) is 0 Å². The van der Waals surface area contributed by atoms with Crippen LogP contribution < -0.4 is 11.2 Å². The minimum Gasteiger partial charge on any atom is -0.508 e. The number of halogens is 1. The first-order valence-corrected chi connectivity index (χ1v) is 11.1. The van der Waals surface area contributed by atoms with Crippen LogP contribution in [-0.2, 0) is 6.54 Å². The second-order valence-corrected chi connectivity index (χ2v) is 8.25. The number of hydrogen-bond acceptors (Lipinski definition) is 7. The number of phenols is 1. The molecular weight excluding hydrogens is 461 g/mol. The predicted octanol–water partition coefficient (Wildman–Crippen LogP) is 4.74. The van der Waals surface area contributed by atoms with Crippen LogP contribution in [0.4, 0.5) is 10.2 Å². The Morgan fingerprint density at radius 2 is 1.75 bits per heavy atom. The Balaban J connectivity index is 1.60. The van der Waals surface area contributed by atoms with Gasteiger partial charge in [0.1, 0.15) is 47.3 Å². The number of anilines is 1. The summed E-state index contributed by atoms with van der Waals surface area (Å²) in [5.74, 6) is -0.363. The van der Waals surface area contributed by atoms with E-state index in [4.69, 9.17) is 10.2 Å². The van der Waals surface area contributed by atoms with Gasteiger partial charge in [-0.15, -0.1) is 0 Å². The first-order valence-electron chi connectivity index (χ1n) is 11.1. The monoisotopic (exact) mass is 479 g/mol. The van der Waals surface area contributed by atoms with Crippen molar-refractivity contribution in [2.75, 3.05) is 5.73 Å². The number of rotatable bonds is 4. The SMILES string of the molecule is Nc1ncnc2c1c(-c1cc(O)cc(F)c1)nn2Cc1oc2ccccc2c(=O)c1-c1ccccc1. The predicted molar refractivity (Wildman–Crippen MR) is 134 cm³/mol. The van der Waals surface area contributed by atoms with Crippen molar-refractivity contribution >= 4 is 27.8 Å². The Hall–Kier alpha value is -5.05. The van der Waals surface area contributed by atoms with Gasteiger partial charge in [-0.05, 0) is 29.8 Å². The zero-order chi connectivity index (χ0) is 24.8. The van der Waals surface area contributed by atoms with Crippen LogP contribution in [0.3, 0.4) is 0 Å². The molecule has 3 aromatic carbocycles. The molecule has 0 fully saturated rings. The molecule has 6 rings (SSSR count). The Morgan fingerprint density at radius 1 is 0.972 bits per heavy atom. The molecule has 0 amide bonds. The summed E-state index contributed by atoms with van der Waals surface area (Å²) in [7, 11) is 0. The molecule has 6 aromatic rings. The van der Waals surface area contributed by atoms with E-state index in [1.807, 2.05) is 30.3 Å². The van der Waals surface area contributed by atoms with Gasteiger partial charge < -0.3 is 15.3 Å². The molecule has 36 heavy (non-hydrogen) atoms. The highest BCUT2D eigenvalue weighted by Crippen LogP contribution is 2.33. The molecule has 3 aromatic heterocycles. The molecule has 9 heteroatoms. The second kappa shape index (κ2) is 8.31. The van der Waals surface area contributed by atoms with Gasteiger partial charge in [-0.25, -0.2) is 19.0 Å². The van der Waals surface area contributed by atoms with Crippen molar-refractivity contribution in [1.29, 1.82) is 0 Å². The second-order valence-electron chi connectivity index (χ2n) is 8.25. The average molecular weight is 479 g/mol. The van der Waals surface area contributed by atoms with E-state index >= 15 is 0 Å². The van der Waals surface area contributed by atoms with Crippen LogP contribution in [0.1, 0.15) is 5.76 Å². The standard InChI is InChI=1S/C27H18FN5O3/c28-17-10-16(11-18(34)12-17)24-23-26(29)30-14-31-27(23)33(32-24)13-21-22(15-6-2-1-3-7-15)25(35)19-8-4-5-9-20(19)36-21/h1-12,14,34H,13H2,(H2,29,30,31). The summed E-state index contributed by atoms with van der Waals surface area (Å²) in [6.07, 6.45) is 1.30. The first kappa shape index (κ1) is 21.5. The third kappa shape index (κ3) is 3.54. The van der Waals surface area contributed by atoms with Gasteiger partial charge in [0.2, 0.25) is 5.43 Å². The largest absolute Gasteiger partial charge is 0.508 e.